The molecule has 0 atom stereocenters. The maximum Gasteiger partial charge on any atom is 0.441 e. The largest absolute Gasteiger partial charge is 0.441 e. The summed E-state index contributed by atoms with van der Waals surface area (Å²) in [6, 6.07) is 0. The summed E-state index contributed by atoms with van der Waals surface area (Å²) in [5.74, 6) is -0.0247. The minimum absolute atomic E-state index is 0.0247. The van der Waals surface area contributed by atoms with Crippen LogP contribution in [0.1, 0.15) is 0 Å². The molecule has 1 aromatic heterocycles. The second-order valence-corrected chi connectivity index (χ2v) is 3.91. The van der Waals surface area contributed by atoms with Crippen LogP contribution >= 0.6 is 23.3 Å². The molecule has 74 valence electrons. The van der Waals surface area contributed by atoms with Gasteiger partial charge in [-0.15, -0.1) is 0 Å². The van der Waals surface area contributed by atoms with Gasteiger partial charge >= 0.3 is 5.51 Å². The molecule has 0 radical (unpaired) electrons. The Morgan fingerprint density at radius 2 is 2.31 bits per heavy atom. The van der Waals surface area contributed by atoms with E-state index in [-0.39, 0.29) is 24.1 Å². The number of thioether (sulfide) groups is 1. The molecule has 1 rings (SSSR count). The molecule has 3 nitrogen and oxygen atoms in total. The first-order valence-electron chi connectivity index (χ1n) is 3.29. The zero-order chi connectivity index (χ0) is 9.73. The number of alkyl halides is 3. The summed E-state index contributed by atoms with van der Waals surface area (Å²) in [7, 11) is 0. The number of anilines is 1. The van der Waals surface area contributed by atoms with Crippen molar-refractivity contribution in [3.05, 3.63) is 6.33 Å². The van der Waals surface area contributed by atoms with Gasteiger partial charge in [-0.3, -0.25) is 0 Å². The van der Waals surface area contributed by atoms with Gasteiger partial charge in [0.05, 0.1) is 0 Å². The number of aromatic nitrogens is 2. The van der Waals surface area contributed by atoms with Gasteiger partial charge in [0.15, 0.2) is 0 Å². The number of nitrogens with one attached hydrogen (secondary N) is 1. The quantitative estimate of drug-likeness (QED) is 0.803. The molecule has 1 aromatic rings. The molecule has 0 amide bonds. The SMILES string of the molecule is FC(F)(F)SCCNc1ncns1. The van der Waals surface area contributed by atoms with E-state index in [0.717, 1.165) is 11.5 Å². The molecule has 0 aromatic carbocycles. The zero-order valence-corrected chi connectivity index (χ0v) is 7.97. The second kappa shape index (κ2) is 4.66. The van der Waals surface area contributed by atoms with E-state index >= 15 is 0 Å². The van der Waals surface area contributed by atoms with Gasteiger partial charge in [-0.25, -0.2) is 4.98 Å². The molecule has 0 aliphatic rings. The molecule has 0 fully saturated rings. The molecule has 0 unspecified atom stereocenters. The fourth-order valence-corrected chi connectivity index (χ4v) is 1.47. The average Bonchev–Trinajstić information content (AvgIpc) is 2.48. The van der Waals surface area contributed by atoms with Crippen molar-refractivity contribution < 1.29 is 13.2 Å². The van der Waals surface area contributed by atoms with E-state index in [1.807, 2.05) is 0 Å². The first-order valence-corrected chi connectivity index (χ1v) is 5.05. The summed E-state index contributed by atoms with van der Waals surface area (Å²) in [6.07, 6.45) is 1.35. The fourth-order valence-electron chi connectivity index (χ4n) is 0.576. The smallest absolute Gasteiger partial charge is 0.359 e. The molecule has 8 heteroatoms. The normalized spacial score (nSPS) is 11.6. The van der Waals surface area contributed by atoms with Crippen molar-refractivity contribution in [3.8, 4) is 0 Å². The lowest BCUT2D eigenvalue weighted by Crippen LogP contribution is -2.09. The Bertz CT molecular complexity index is 236. The van der Waals surface area contributed by atoms with E-state index < -0.39 is 5.51 Å². The predicted octanol–water partition coefficient (Wildman–Crippen LogP) is 2.20. The van der Waals surface area contributed by atoms with Crippen molar-refractivity contribution in [2.24, 2.45) is 0 Å². The topological polar surface area (TPSA) is 37.8 Å². The Hall–Kier alpha value is -0.500. The number of halogens is 3. The maximum atomic E-state index is 11.6. The molecule has 13 heavy (non-hydrogen) atoms. The van der Waals surface area contributed by atoms with Crippen molar-refractivity contribution >= 4 is 28.4 Å². The van der Waals surface area contributed by atoms with Gasteiger partial charge in [0.1, 0.15) is 6.33 Å². The van der Waals surface area contributed by atoms with Crippen molar-refractivity contribution in [3.63, 3.8) is 0 Å². The third-order valence-corrected chi connectivity index (χ3v) is 2.36. The molecular weight excluding hydrogens is 223 g/mol. The van der Waals surface area contributed by atoms with Crippen molar-refractivity contribution in [1.29, 1.82) is 0 Å². The van der Waals surface area contributed by atoms with E-state index in [2.05, 4.69) is 14.7 Å². The number of nitrogens with zero attached hydrogens (tertiary/aromatic N) is 2. The van der Waals surface area contributed by atoms with E-state index in [9.17, 15) is 13.2 Å². The summed E-state index contributed by atoms with van der Waals surface area (Å²) < 4.78 is 38.6. The molecule has 0 bridgehead atoms. The lowest BCUT2D eigenvalue weighted by Gasteiger charge is -2.04. The van der Waals surface area contributed by atoms with E-state index in [0.29, 0.717) is 5.13 Å². The molecule has 0 spiro atoms. The lowest BCUT2D eigenvalue weighted by atomic mass is 10.7. The molecule has 0 aliphatic carbocycles. The van der Waals surface area contributed by atoms with Crippen LogP contribution in [0.2, 0.25) is 0 Å². The molecule has 1 N–H and O–H groups in total. The summed E-state index contributed by atoms with van der Waals surface area (Å²) in [4.78, 5) is 3.76. The fraction of sp³-hybridized carbons (Fsp3) is 0.600. The van der Waals surface area contributed by atoms with Gasteiger partial charge in [0.2, 0.25) is 5.13 Å². The van der Waals surface area contributed by atoms with Crippen molar-refractivity contribution in [1.82, 2.24) is 9.36 Å². The predicted molar refractivity (Wildman–Crippen MR) is 46.9 cm³/mol. The number of hydrogen-bond acceptors (Lipinski definition) is 5. The highest BCUT2D eigenvalue weighted by Gasteiger charge is 2.27. The zero-order valence-electron chi connectivity index (χ0n) is 6.34. The van der Waals surface area contributed by atoms with Crippen LogP contribution in [0.4, 0.5) is 18.3 Å². The molecular formula is C5H6F3N3S2. The number of hydrogen-bond donors (Lipinski definition) is 1. The summed E-state index contributed by atoms with van der Waals surface area (Å²) in [5, 5.41) is 3.27. The van der Waals surface area contributed by atoms with Gasteiger partial charge in [-0.1, -0.05) is 0 Å². The van der Waals surface area contributed by atoms with Crippen molar-refractivity contribution in [2.75, 3.05) is 17.6 Å². The summed E-state index contributed by atoms with van der Waals surface area (Å²) in [6.45, 7) is 0.235. The van der Waals surface area contributed by atoms with Crippen LogP contribution < -0.4 is 5.32 Å². The van der Waals surface area contributed by atoms with E-state index in [1.165, 1.54) is 6.33 Å². The average molecular weight is 229 g/mol. The van der Waals surface area contributed by atoms with Gasteiger partial charge in [-0.2, -0.15) is 17.5 Å². The Kier molecular flexibility index (Phi) is 3.79. The highest BCUT2D eigenvalue weighted by Crippen LogP contribution is 2.29. The van der Waals surface area contributed by atoms with Crippen LogP contribution in [-0.4, -0.2) is 27.2 Å². The number of rotatable bonds is 4. The molecule has 0 saturated carbocycles. The maximum absolute atomic E-state index is 11.6. The standard InChI is InChI=1S/C5H6F3N3S2/c6-5(7,8)12-2-1-9-4-10-3-11-13-4/h3H,1-2H2,(H,9,10,11). The molecule has 0 saturated heterocycles. The summed E-state index contributed by atoms with van der Waals surface area (Å²) in [5.41, 5.74) is -4.15. The first-order chi connectivity index (χ1) is 6.08. The Morgan fingerprint density at radius 1 is 1.54 bits per heavy atom. The van der Waals surface area contributed by atoms with Crippen LogP contribution in [0.25, 0.3) is 0 Å². The van der Waals surface area contributed by atoms with Gasteiger partial charge in [-0.05, 0) is 11.8 Å². The first kappa shape index (κ1) is 10.6. The Morgan fingerprint density at radius 3 is 2.85 bits per heavy atom. The van der Waals surface area contributed by atoms with E-state index in [4.69, 9.17) is 0 Å². The third-order valence-electron chi connectivity index (χ3n) is 1.01. The monoisotopic (exact) mass is 229 g/mol. The van der Waals surface area contributed by atoms with Gasteiger partial charge in [0, 0.05) is 23.8 Å². The van der Waals surface area contributed by atoms with Gasteiger partial charge < -0.3 is 5.32 Å². The van der Waals surface area contributed by atoms with Crippen LogP contribution in [0.15, 0.2) is 6.33 Å². The highest BCUT2D eigenvalue weighted by atomic mass is 32.2. The second-order valence-electron chi connectivity index (χ2n) is 1.97. The lowest BCUT2D eigenvalue weighted by molar-refractivity contribution is -0.0327. The van der Waals surface area contributed by atoms with Crippen LogP contribution in [-0.2, 0) is 0 Å². The van der Waals surface area contributed by atoms with Crippen LogP contribution in [0.5, 0.6) is 0 Å². The van der Waals surface area contributed by atoms with Crippen LogP contribution in [0.3, 0.4) is 0 Å². The summed E-state index contributed by atoms with van der Waals surface area (Å²) >= 11 is 1.07. The Labute approximate surface area is 80.9 Å². The Balaban J connectivity index is 2.09. The van der Waals surface area contributed by atoms with E-state index in [1.54, 1.807) is 0 Å². The minimum atomic E-state index is -4.15. The molecule has 1 heterocycles. The third kappa shape index (κ3) is 4.94. The molecule has 0 aliphatic heterocycles. The minimum Gasteiger partial charge on any atom is -0.359 e. The van der Waals surface area contributed by atoms with Crippen LogP contribution in [0, 0.1) is 0 Å². The van der Waals surface area contributed by atoms with Crippen molar-refractivity contribution in [2.45, 2.75) is 5.51 Å². The highest BCUT2D eigenvalue weighted by molar-refractivity contribution is 8.00. The van der Waals surface area contributed by atoms with Gasteiger partial charge in [0.25, 0.3) is 0 Å².